The summed E-state index contributed by atoms with van der Waals surface area (Å²) in [5.41, 5.74) is 0.962. The lowest BCUT2D eigenvalue weighted by atomic mass is 9.89. The third-order valence-electron chi connectivity index (χ3n) is 4.82. The summed E-state index contributed by atoms with van der Waals surface area (Å²) >= 11 is 1.96. The van der Waals surface area contributed by atoms with Gasteiger partial charge in [-0.2, -0.15) is 11.8 Å². The molecule has 21 heavy (non-hydrogen) atoms. The van der Waals surface area contributed by atoms with Gasteiger partial charge in [0.1, 0.15) is 0 Å². The molecule has 0 aromatic carbocycles. The Balaban J connectivity index is 1.58. The second-order valence-electron chi connectivity index (χ2n) is 6.57. The molecule has 3 aliphatic heterocycles. The molecule has 4 nitrogen and oxygen atoms in total. The lowest BCUT2D eigenvalue weighted by molar-refractivity contribution is -0.129. The van der Waals surface area contributed by atoms with E-state index in [9.17, 15) is 4.79 Å². The van der Waals surface area contributed by atoms with Crippen molar-refractivity contribution < 1.29 is 14.3 Å². The van der Waals surface area contributed by atoms with E-state index < -0.39 is 0 Å². The Morgan fingerprint density at radius 2 is 2.24 bits per heavy atom. The highest BCUT2D eigenvalue weighted by molar-refractivity contribution is 7.99. The smallest absolute Gasteiger partial charge is 0.226 e. The Morgan fingerprint density at radius 1 is 1.38 bits per heavy atom. The summed E-state index contributed by atoms with van der Waals surface area (Å²) in [4.78, 5) is 12.6. The average molecular weight is 311 g/mol. The molecule has 3 saturated heterocycles. The zero-order valence-electron chi connectivity index (χ0n) is 12.7. The van der Waals surface area contributed by atoms with Crippen molar-refractivity contribution in [3.63, 3.8) is 0 Å². The average Bonchev–Trinajstić information content (AvgIpc) is 3.08. The van der Waals surface area contributed by atoms with Crippen LogP contribution >= 0.6 is 11.8 Å². The first-order chi connectivity index (χ1) is 10.1. The Bertz CT molecular complexity index is 420. The molecule has 4 atom stereocenters. The van der Waals surface area contributed by atoms with Crippen LogP contribution in [0.2, 0.25) is 0 Å². The van der Waals surface area contributed by atoms with Gasteiger partial charge in [0.15, 0.2) is 0 Å². The SMILES string of the molecule is C=C(C)[C@H]1OCC[C@H]1C(=O)N[C@H]1CCO[C@]2(CCSC2)C1. The predicted octanol–water partition coefficient (Wildman–Crippen LogP) is 2.14. The van der Waals surface area contributed by atoms with Crippen molar-refractivity contribution in [3.8, 4) is 0 Å². The highest BCUT2D eigenvalue weighted by Crippen LogP contribution is 2.38. The number of rotatable bonds is 3. The van der Waals surface area contributed by atoms with E-state index in [1.54, 1.807) is 0 Å². The molecule has 0 aliphatic carbocycles. The van der Waals surface area contributed by atoms with Crippen molar-refractivity contribution in [3.05, 3.63) is 12.2 Å². The summed E-state index contributed by atoms with van der Waals surface area (Å²) in [6, 6.07) is 0.247. The fourth-order valence-corrected chi connectivity index (χ4v) is 5.04. The van der Waals surface area contributed by atoms with E-state index in [1.807, 2.05) is 18.7 Å². The summed E-state index contributed by atoms with van der Waals surface area (Å²) < 4.78 is 11.7. The first kappa shape index (κ1) is 15.4. The maximum absolute atomic E-state index is 12.6. The zero-order valence-corrected chi connectivity index (χ0v) is 13.5. The number of carbonyl (C=O) groups excluding carboxylic acids is 1. The maximum atomic E-state index is 12.6. The molecular weight excluding hydrogens is 286 g/mol. The number of amides is 1. The standard InChI is InChI=1S/C16H25NO3S/c1-11(2)14-13(4-6-19-14)15(18)17-12-3-7-20-16(9-12)5-8-21-10-16/h12-14H,1,3-10H2,2H3,(H,17,18)/t12-,13+,14+,16+/m0/s1. The minimum absolute atomic E-state index is 0.0147. The van der Waals surface area contributed by atoms with Crippen LogP contribution in [0, 0.1) is 5.92 Å². The molecule has 1 amide bonds. The Morgan fingerprint density at radius 3 is 2.95 bits per heavy atom. The Labute approximate surface area is 131 Å². The third-order valence-corrected chi connectivity index (χ3v) is 6.04. The summed E-state index contributed by atoms with van der Waals surface area (Å²) in [5, 5.41) is 3.25. The van der Waals surface area contributed by atoms with Crippen LogP contribution in [0.3, 0.4) is 0 Å². The monoisotopic (exact) mass is 311 g/mol. The van der Waals surface area contributed by atoms with Crippen molar-refractivity contribution in [2.75, 3.05) is 24.7 Å². The molecule has 0 aromatic heterocycles. The van der Waals surface area contributed by atoms with E-state index in [-0.39, 0.29) is 29.6 Å². The molecule has 118 valence electrons. The molecule has 5 heteroatoms. The Hall–Kier alpha value is -0.520. The van der Waals surface area contributed by atoms with E-state index in [4.69, 9.17) is 9.47 Å². The largest absolute Gasteiger partial charge is 0.374 e. The predicted molar refractivity (Wildman–Crippen MR) is 84.5 cm³/mol. The summed E-state index contributed by atoms with van der Waals surface area (Å²) in [7, 11) is 0. The number of ether oxygens (including phenoxy) is 2. The number of thioether (sulfide) groups is 1. The van der Waals surface area contributed by atoms with E-state index in [1.165, 1.54) is 5.75 Å². The van der Waals surface area contributed by atoms with Gasteiger partial charge in [0.05, 0.1) is 17.6 Å². The van der Waals surface area contributed by atoms with Crippen molar-refractivity contribution >= 4 is 17.7 Å². The van der Waals surface area contributed by atoms with Gasteiger partial charge < -0.3 is 14.8 Å². The highest BCUT2D eigenvalue weighted by atomic mass is 32.2. The molecular formula is C16H25NO3S. The molecule has 3 rings (SSSR count). The van der Waals surface area contributed by atoms with E-state index in [0.29, 0.717) is 6.61 Å². The highest BCUT2D eigenvalue weighted by Gasteiger charge is 2.42. The maximum Gasteiger partial charge on any atom is 0.226 e. The minimum atomic E-state index is -0.110. The number of hydrogen-bond donors (Lipinski definition) is 1. The van der Waals surface area contributed by atoms with Crippen molar-refractivity contribution in [1.29, 1.82) is 0 Å². The Kier molecular flexibility index (Phi) is 4.62. The van der Waals surface area contributed by atoms with Crippen LogP contribution in [0.5, 0.6) is 0 Å². The lowest BCUT2D eigenvalue weighted by Gasteiger charge is -2.38. The van der Waals surface area contributed by atoms with Crippen LogP contribution in [-0.2, 0) is 14.3 Å². The van der Waals surface area contributed by atoms with Crippen molar-refractivity contribution in [1.82, 2.24) is 5.32 Å². The van der Waals surface area contributed by atoms with Gasteiger partial charge in [0.2, 0.25) is 5.91 Å². The van der Waals surface area contributed by atoms with Crippen LogP contribution in [0.15, 0.2) is 12.2 Å². The van der Waals surface area contributed by atoms with E-state index in [0.717, 1.165) is 43.6 Å². The fraction of sp³-hybridized carbons (Fsp3) is 0.812. The van der Waals surface area contributed by atoms with Gasteiger partial charge in [-0.15, -0.1) is 0 Å². The fourth-order valence-electron chi connectivity index (χ4n) is 3.67. The van der Waals surface area contributed by atoms with Gasteiger partial charge in [-0.05, 0) is 38.4 Å². The second-order valence-corrected chi connectivity index (χ2v) is 7.67. The quantitative estimate of drug-likeness (QED) is 0.811. The van der Waals surface area contributed by atoms with Crippen LogP contribution in [0.4, 0.5) is 0 Å². The van der Waals surface area contributed by atoms with E-state index in [2.05, 4.69) is 11.9 Å². The molecule has 3 fully saturated rings. The second kappa shape index (κ2) is 6.31. The van der Waals surface area contributed by atoms with Crippen LogP contribution in [-0.4, -0.2) is 48.4 Å². The van der Waals surface area contributed by atoms with Gasteiger partial charge in [-0.1, -0.05) is 12.2 Å². The molecule has 0 unspecified atom stereocenters. The van der Waals surface area contributed by atoms with Crippen molar-refractivity contribution in [2.24, 2.45) is 5.92 Å². The molecule has 1 N–H and O–H groups in total. The molecule has 3 aliphatic rings. The van der Waals surface area contributed by atoms with Gasteiger partial charge in [0, 0.05) is 25.0 Å². The summed E-state index contributed by atoms with van der Waals surface area (Å²) in [6.45, 7) is 7.30. The number of carbonyl (C=O) groups is 1. The molecule has 0 aromatic rings. The summed E-state index contributed by atoms with van der Waals surface area (Å²) in [5.74, 6) is 2.31. The molecule has 3 heterocycles. The molecule has 0 bridgehead atoms. The van der Waals surface area contributed by atoms with E-state index >= 15 is 0 Å². The lowest BCUT2D eigenvalue weighted by Crippen LogP contribution is -2.50. The van der Waals surface area contributed by atoms with Crippen molar-refractivity contribution in [2.45, 2.75) is 50.4 Å². The van der Waals surface area contributed by atoms with Gasteiger partial charge in [0.25, 0.3) is 0 Å². The number of nitrogens with one attached hydrogen (secondary N) is 1. The number of hydrogen-bond acceptors (Lipinski definition) is 4. The topological polar surface area (TPSA) is 47.6 Å². The normalized spacial score (nSPS) is 39.6. The van der Waals surface area contributed by atoms with Crippen LogP contribution in [0.1, 0.15) is 32.6 Å². The van der Waals surface area contributed by atoms with Gasteiger partial charge in [-0.25, -0.2) is 0 Å². The van der Waals surface area contributed by atoms with Crippen LogP contribution in [0.25, 0.3) is 0 Å². The first-order valence-electron chi connectivity index (χ1n) is 7.89. The summed E-state index contributed by atoms with van der Waals surface area (Å²) in [6.07, 6.45) is 3.68. The van der Waals surface area contributed by atoms with Gasteiger partial charge in [-0.3, -0.25) is 4.79 Å². The molecule has 0 radical (unpaired) electrons. The molecule has 0 saturated carbocycles. The molecule has 1 spiro atoms. The third kappa shape index (κ3) is 3.30. The first-order valence-corrected chi connectivity index (χ1v) is 9.04. The zero-order chi connectivity index (χ0) is 14.9. The minimum Gasteiger partial charge on any atom is -0.374 e. The van der Waals surface area contributed by atoms with Gasteiger partial charge >= 0.3 is 0 Å². The van der Waals surface area contributed by atoms with Crippen LogP contribution < -0.4 is 5.32 Å².